The van der Waals surface area contributed by atoms with Gasteiger partial charge in [0.25, 0.3) is 0 Å². The highest BCUT2D eigenvalue weighted by Gasteiger charge is 2.20. The van der Waals surface area contributed by atoms with Crippen molar-refractivity contribution in [3.63, 3.8) is 0 Å². The number of carbonyl (C=O) groups excluding carboxylic acids is 1. The third kappa shape index (κ3) is 2.67. The van der Waals surface area contributed by atoms with E-state index in [9.17, 15) is 4.79 Å². The lowest BCUT2D eigenvalue weighted by Gasteiger charge is -2.16. The molecular weight excluding hydrogens is 322 g/mol. The molecule has 2 N–H and O–H groups in total. The fourth-order valence-corrected chi connectivity index (χ4v) is 2.50. The van der Waals surface area contributed by atoms with Crippen molar-refractivity contribution in [2.45, 2.75) is 6.54 Å². The molecule has 9 heteroatoms. The van der Waals surface area contributed by atoms with Crippen LogP contribution >= 0.6 is 0 Å². The van der Waals surface area contributed by atoms with Gasteiger partial charge >= 0.3 is 0 Å². The molecule has 124 valence electrons. The van der Waals surface area contributed by atoms with Gasteiger partial charge in [0.15, 0.2) is 11.3 Å². The molecule has 0 saturated carbocycles. The van der Waals surface area contributed by atoms with Gasteiger partial charge in [-0.05, 0) is 22.9 Å². The molecule has 3 aromatic heterocycles. The van der Waals surface area contributed by atoms with Crippen LogP contribution in [0.4, 0.5) is 5.95 Å². The van der Waals surface area contributed by atoms with Gasteiger partial charge in [-0.15, -0.1) is 9.89 Å². The summed E-state index contributed by atoms with van der Waals surface area (Å²) in [6.45, 7) is 0.308. The van der Waals surface area contributed by atoms with Gasteiger partial charge in [-0.2, -0.15) is 4.98 Å². The van der Waals surface area contributed by atoms with Gasteiger partial charge < -0.3 is 10.2 Å². The molecule has 0 bridgehead atoms. The molecule has 0 atom stereocenters. The Hall–Kier alpha value is -3.75. The number of hydrogen-bond donors (Lipinski definition) is 1. The molecule has 1 aromatic carbocycles. The van der Waals surface area contributed by atoms with Crippen LogP contribution in [0.25, 0.3) is 22.6 Å². The van der Waals surface area contributed by atoms with E-state index >= 15 is 0 Å². The zero-order valence-corrected chi connectivity index (χ0v) is 13.0. The van der Waals surface area contributed by atoms with Crippen molar-refractivity contribution in [3.05, 3.63) is 54.3 Å². The zero-order chi connectivity index (χ0) is 17.2. The summed E-state index contributed by atoms with van der Waals surface area (Å²) in [6, 6.07) is 13.0. The number of hydrogen-bond acceptors (Lipinski definition) is 7. The smallest absolute Gasteiger partial charge is 0.230 e. The zero-order valence-electron chi connectivity index (χ0n) is 13.0. The summed E-state index contributed by atoms with van der Waals surface area (Å²) in [5.74, 6) is 0.528. The van der Waals surface area contributed by atoms with Crippen LogP contribution in [-0.2, 0) is 11.3 Å². The maximum absolute atomic E-state index is 11.6. The molecule has 4 rings (SSSR count). The van der Waals surface area contributed by atoms with Crippen LogP contribution in [-0.4, -0.2) is 31.5 Å². The largest absolute Gasteiger partial charge is 0.463 e. The van der Waals surface area contributed by atoms with Gasteiger partial charge in [-0.25, -0.2) is 9.99 Å². The van der Waals surface area contributed by atoms with Crippen molar-refractivity contribution < 1.29 is 9.21 Å². The lowest BCUT2D eigenvalue weighted by atomic mass is 10.2. The first-order chi connectivity index (χ1) is 12.3. The van der Waals surface area contributed by atoms with Gasteiger partial charge in [0, 0.05) is 0 Å². The van der Waals surface area contributed by atoms with E-state index in [1.807, 2.05) is 30.3 Å². The Morgan fingerprint density at radius 3 is 2.72 bits per heavy atom. The standard InChI is InChI=1S/C16H13N7O2/c17-16-18-13(12-7-4-8-25-12)14-15(19-16)23(21-20-14)22(10-24)9-11-5-2-1-3-6-11/h1-8,10H,9H2,(H2,17,18,19). The van der Waals surface area contributed by atoms with Gasteiger partial charge in [-0.1, -0.05) is 30.3 Å². The number of fused-ring (bicyclic) bond motifs is 1. The summed E-state index contributed by atoms with van der Waals surface area (Å²) in [5.41, 5.74) is 7.88. The third-order valence-corrected chi connectivity index (χ3v) is 3.61. The van der Waals surface area contributed by atoms with Crippen LogP contribution in [0.3, 0.4) is 0 Å². The number of benzene rings is 1. The Labute approximate surface area is 141 Å². The molecule has 0 spiro atoms. The second-order valence-corrected chi connectivity index (χ2v) is 5.25. The molecule has 3 heterocycles. The Morgan fingerprint density at radius 1 is 1.16 bits per heavy atom. The first kappa shape index (κ1) is 14.8. The molecule has 0 unspecified atom stereocenters. The average molecular weight is 335 g/mol. The number of amides is 1. The van der Waals surface area contributed by atoms with E-state index in [-0.39, 0.29) is 5.95 Å². The Bertz CT molecular complexity index is 1010. The summed E-state index contributed by atoms with van der Waals surface area (Å²) in [6.07, 6.45) is 2.18. The van der Waals surface area contributed by atoms with E-state index in [0.29, 0.717) is 35.6 Å². The van der Waals surface area contributed by atoms with Crippen molar-refractivity contribution in [1.82, 2.24) is 25.1 Å². The maximum Gasteiger partial charge on any atom is 0.230 e. The van der Waals surface area contributed by atoms with Crippen LogP contribution in [0.5, 0.6) is 0 Å². The van der Waals surface area contributed by atoms with Crippen molar-refractivity contribution >= 4 is 23.5 Å². The Balaban J connectivity index is 1.81. The Kier molecular flexibility index (Phi) is 3.58. The van der Waals surface area contributed by atoms with Crippen molar-refractivity contribution in [3.8, 4) is 11.5 Å². The molecule has 0 radical (unpaired) electrons. The van der Waals surface area contributed by atoms with Gasteiger partial charge in [0.2, 0.25) is 18.0 Å². The predicted molar refractivity (Wildman–Crippen MR) is 89.7 cm³/mol. The minimum absolute atomic E-state index is 0.0352. The number of nitrogens with two attached hydrogens (primary N) is 1. The summed E-state index contributed by atoms with van der Waals surface area (Å²) >= 11 is 0. The number of aromatic nitrogens is 5. The molecule has 0 aliphatic carbocycles. The van der Waals surface area contributed by atoms with Crippen molar-refractivity contribution in [1.29, 1.82) is 0 Å². The second-order valence-electron chi connectivity index (χ2n) is 5.25. The topological polar surface area (TPSA) is 116 Å². The van der Waals surface area contributed by atoms with E-state index in [1.165, 1.54) is 16.1 Å². The molecule has 9 nitrogen and oxygen atoms in total. The summed E-state index contributed by atoms with van der Waals surface area (Å²) in [4.78, 5) is 21.3. The minimum Gasteiger partial charge on any atom is -0.463 e. The average Bonchev–Trinajstić information content (AvgIpc) is 3.30. The van der Waals surface area contributed by atoms with Crippen LogP contribution in [0.1, 0.15) is 5.56 Å². The van der Waals surface area contributed by atoms with Gasteiger partial charge in [0.1, 0.15) is 5.69 Å². The van der Waals surface area contributed by atoms with E-state index < -0.39 is 0 Å². The van der Waals surface area contributed by atoms with Crippen molar-refractivity contribution in [2.24, 2.45) is 0 Å². The highest BCUT2D eigenvalue weighted by atomic mass is 16.3. The highest BCUT2D eigenvalue weighted by Crippen LogP contribution is 2.25. The molecule has 1 amide bonds. The molecule has 25 heavy (non-hydrogen) atoms. The van der Waals surface area contributed by atoms with Crippen molar-refractivity contribution in [2.75, 3.05) is 10.7 Å². The van der Waals surface area contributed by atoms with E-state index in [0.717, 1.165) is 5.56 Å². The molecule has 0 aliphatic heterocycles. The number of rotatable bonds is 5. The SMILES string of the molecule is Nc1nc(-c2ccco2)c2nnn(N(C=O)Cc3ccccc3)c2n1. The molecular formula is C16H13N7O2. The van der Waals surface area contributed by atoms with E-state index in [1.54, 1.807) is 12.1 Å². The maximum atomic E-state index is 11.6. The quantitative estimate of drug-likeness (QED) is 0.547. The fraction of sp³-hybridized carbons (Fsp3) is 0.0625. The Morgan fingerprint density at radius 2 is 2.00 bits per heavy atom. The first-order valence-corrected chi connectivity index (χ1v) is 7.45. The van der Waals surface area contributed by atoms with Gasteiger partial charge in [0.05, 0.1) is 12.8 Å². The summed E-state index contributed by atoms with van der Waals surface area (Å²) < 4.78 is 5.37. The van der Waals surface area contributed by atoms with Crippen LogP contribution in [0.15, 0.2) is 53.1 Å². The molecule has 4 aromatic rings. The van der Waals surface area contributed by atoms with Crippen LogP contribution in [0, 0.1) is 0 Å². The van der Waals surface area contributed by atoms with E-state index in [2.05, 4.69) is 20.3 Å². The molecule has 0 aliphatic rings. The van der Waals surface area contributed by atoms with E-state index in [4.69, 9.17) is 10.2 Å². The molecule has 0 fully saturated rings. The fourth-order valence-electron chi connectivity index (χ4n) is 2.50. The summed E-state index contributed by atoms with van der Waals surface area (Å²) in [7, 11) is 0. The lowest BCUT2D eigenvalue weighted by molar-refractivity contribution is -0.109. The summed E-state index contributed by atoms with van der Waals surface area (Å²) in [5, 5.41) is 9.48. The lowest BCUT2D eigenvalue weighted by Crippen LogP contribution is -2.33. The van der Waals surface area contributed by atoms with Crippen LogP contribution in [0.2, 0.25) is 0 Å². The molecule has 0 saturated heterocycles. The first-order valence-electron chi connectivity index (χ1n) is 7.45. The third-order valence-electron chi connectivity index (χ3n) is 3.61. The van der Waals surface area contributed by atoms with Crippen LogP contribution < -0.4 is 10.7 Å². The highest BCUT2D eigenvalue weighted by molar-refractivity contribution is 5.86. The normalized spacial score (nSPS) is 10.9. The number of nitrogens with zero attached hydrogens (tertiary/aromatic N) is 6. The minimum atomic E-state index is 0.0352. The van der Waals surface area contributed by atoms with Gasteiger partial charge in [-0.3, -0.25) is 4.79 Å². The number of nitrogen functional groups attached to an aromatic ring is 1. The predicted octanol–water partition coefficient (Wildman–Crippen LogP) is 1.36. The second kappa shape index (κ2) is 6.04. The monoisotopic (exact) mass is 335 g/mol. The number of carbonyl (C=O) groups is 1. The number of anilines is 1. The number of furan rings is 1.